The van der Waals surface area contributed by atoms with Crippen LogP contribution in [0.15, 0.2) is 18.2 Å². The molecular formula is C12H16ClF2NO2. The lowest BCUT2D eigenvalue weighted by Crippen LogP contribution is -2.58. The van der Waals surface area contributed by atoms with Gasteiger partial charge in [0.25, 0.3) is 0 Å². The fourth-order valence-electron chi connectivity index (χ4n) is 2.06. The summed E-state index contributed by atoms with van der Waals surface area (Å²) in [5, 5.41) is 13.4. The van der Waals surface area contributed by atoms with E-state index in [-0.39, 0.29) is 30.6 Å². The van der Waals surface area contributed by atoms with Gasteiger partial charge in [-0.15, -0.1) is 12.4 Å². The van der Waals surface area contributed by atoms with Gasteiger partial charge < -0.3 is 15.2 Å². The van der Waals surface area contributed by atoms with Crippen molar-refractivity contribution in [3.8, 4) is 0 Å². The molecule has 1 aliphatic rings. The number of hydrogen-bond donors (Lipinski definition) is 2. The minimum Gasteiger partial charge on any atom is -0.361 e. The van der Waals surface area contributed by atoms with Crippen LogP contribution in [0.25, 0.3) is 0 Å². The Morgan fingerprint density at radius 3 is 2.33 bits per heavy atom. The van der Waals surface area contributed by atoms with E-state index in [1.807, 2.05) is 6.92 Å². The van der Waals surface area contributed by atoms with Crippen LogP contribution in [0.4, 0.5) is 8.78 Å². The predicted octanol–water partition coefficient (Wildman–Crippen LogP) is 1.93. The number of benzene rings is 1. The topological polar surface area (TPSA) is 41.5 Å². The zero-order valence-corrected chi connectivity index (χ0v) is 10.9. The van der Waals surface area contributed by atoms with Crippen molar-refractivity contribution in [2.24, 2.45) is 0 Å². The lowest BCUT2D eigenvalue weighted by atomic mass is 9.96. The molecule has 0 aliphatic carbocycles. The van der Waals surface area contributed by atoms with Gasteiger partial charge >= 0.3 is 0 Å². The van der Waals surface area contributed by atoms with Crippen LogP contribution >= 0.6 is 12.4 Å². The Kier molecular flexibility index (Phi) is 4.66. The van der Waals surface area contributed by atoms with E-state index in [4.69, 9.17) is 4.74 Å². The first-order chi connectivity index (χ1) is 7.91. The third kappa shape index (κ3) is 2.80. The SMILES string of the molecule is C[C@@H]1CO[C@@](O)(c2cc(F)cc(F)c2)[C@H](C)N1.Cl. The molecule has 1 heterocycles. The molecule has 1 saturated heterocycles. The minimum atomic E-state index is -1.70. The molecule has 3 atom stereocenters. The summed E-state index contributed by atoms with van der Waals surface area (Å²) in [6.07, 6.45) is 0. The van der Waals surface area contributed by atoms with Crippen LogP contribution < -0.4 is 5.32 Å². The fraction of sp³-hybridized carbons (Fsp3) is 0.500. The molecule has 102 valence electrons. The Morgan fingerprint density at radius 2 is 1.83 bits per heavy atom. The first-order valence-corrected chi connectivity index (χ1v) is 5.51. The van der Waals surface area contributed by atoms with Crippen molar-refractivity contribution < 1.29 is 18.6 Å². The van der Waals surface area contributed by atoms with Gasteiger partial charge in [-0.25, -0.2) is 8.78 Å². The number of rotatable bonds is 1. The lowest BCUT2D eigenvalue weighted by molar-refractivity contribution is -0.253. The number of halogens is 3. The largest absolute Gasteiger partial charge is 0.361 e. The maximum absolute atomic E-state index is 13.1. The average molecular weight is 280 g/mol. The van der Waals surface area contributed by atoms with E-state index in [1.165, 1.54) is 0 Å². The monoisotopic (exact) mass is 279 g/mol. The van der Waals surface area contributed by atoms with Crippen molar-refractivity contribution in [2.75, 3.05) is 6.61 Å². The minimum absolute atomic E-state index is 0. The van der Waals surface area contributed by atoms with Gasteiger partial charge in [-0.05, 0) is 26.0 Å². The van der Waals surface area contributed by atoms with Gasteiger partial charge in [0.1, 0.15) is 11.6 Å². The Labute approximate surface area is 111 Å². The smallest absolute Gasteiger partial charge is 0.208 e. The van der Waals surface area contributed by atoms with E-state index < -0.39 is 23.5 Å². The van der Waals surface area contributed by atoms with Crippen molar-refractivity contribution in [3.63, 3.8) is 0 Å². The second-order valence-electron chi connectivity index (χ2n) is 4.45. The molecule has 6 heteroatoms. The summed E-state index contributed by atoms with van der Waals surface area (Å²) < 4.78 is 31.6. The highest BCUT2D eigenvalue weighted by Crippen LogP contribution is 2.30. The number of ether oxygens (including phenoxy) is 1. The van der Waals surface area contributed by atoms with Gasteiger partial charge in [0.15, 0.2) is 0 Å². The number of aliphatic hydroxyl groups is 1. The predicted molar refractivity (Wildman–Crippen MR) is 65.5 cm³/mol. The van der Waals surface area contributed by atoms with Crippen LogP contribution in [0.3, 0.4) is 0 Å². The molecule has 1 aliphatic heterocycles. The molecule has 2 rings (SSSR count). The van der Waals surface area contributed by atoms with Crippen molar-refractivity contribution in [1.29, 1.82) is 0 Å². The Hall–Kier alpha value is -0.750. The lowest BCUT2D eigenvalue weighted by Gasteiger charge is -2.41. The molecule has 1 aromatic carbocycles. The molecule has 18 heavy (non-hydrogen) atoms. The van der Waals surface area contributed by atoms with Crippen LogP contribution in [0.5, 0.6) is 0 Å². The van der Waals surface area contributed by atoms with E-state index >= 15 is 0 Å². The third-order valence-electron chi connectivity index (χ3n) is 2.95. The molecule has 0 radical (unpaired) electrons. The third-order valence-corrected chi connectivity index (χ3v) is 2.95. The standard InChI is InChI=1S/C12H15F2NO2.ClH/c1-7-6-17-12(16,8(2)15-7)9-3-10(13)5-11(14)4-9;/h3-5,7-8,15-16H,6H2,1-2H3;1H/t7-,8+,12-;/m1./s1. The molecule has 0 saturated carbocycles. The fourth-order valence-corrected chi connectivity index (χ4v) is 2.06. The number of morpholine rings is 1. The second kappa shape index (κ2) is 5.48. The van der Waals surface area contributed by atoms with Crippen LogP contribution in [0.1, 0.15) is 19.4 Å². The maximum Gasteiger partial charge on any atom is 0.208 e. The van der Waals surface area contributed by atoms with E-state index in [0.717, 1.165) is 18.2 Å². The molecule has 1 fully saturated rings. The summed E-state index contributed by atoms with van der Waals surface area (Å²) >= 11 is 0. The van der Waals surface area contributed by atoms with Crippen molar-refractivity contribution in [1.82, 2.24) is 5.32 Å². The van der Waals surface area contributed by atoms with Crippen molar-refractivity contribution in [3.05, 3.63) is 35.4 Å². The van der Waals surface area contributed by atoms with Crippen LogP contribution in [-0.4, -0.2) is 23.8 Å². The van der Waals surface area contributed by atoms with Gasteiger partial charge in [-0.2, -0.15) is 0 Å². The van der Waals surface area contributed by atoms with Crippen LogP contribution in [0, 0.1) is 11.6 Å². The summed E-state index contributed by atoms with van der Waals surface area (Å²) in [5.74, 6) is -3.17. The number of nitrogens with one attached hydrogen (secondary N) is 1. The zero-order chi connectivity index (χ0) is 12.6. The maximum atomic E-state index is 13.1. The molecule has 0 aromatic heterocycles. The van der Waals surface area contributed by atoms with Crippen LogP contribution in [0.2, 0.25) is 0 Å². The van der Waals surface area contributed by atoms with E-state index in [0.29, 0.717) is 0 Å². The van der Waals surface area contributed by atoms with E-state index in [2.05, 4.69) is 5.32 Å². The van der Waals surface area contributed by atoms with E-state index in [9.17, 15) is 13.9 Å². The first kappa shape index (κ1) is 15.3. The Balaban J connectivity index is 0.00000162. The molecule has 3 nitrogen and oxygen atoms in total. The molecule has 0 unspecified atom stereocenters. The molecule has 2 N–H and O–H groups in total. The number of hydrogen-bond acceptors (Lipinski definition) is 3. The van der Waals surface area contributed by atoms with Gasteiger partial charge in [-0.3, -0.25) is 0 Å². The molecule has 1 aromatic rings. The quantitative estimate of drug-likeness (QED) is 0.825. The summed E-state index contributed by atoms with van der Waals surface area (Å²) in [5.41, 5.74) is 0.0851. The summed E-state index contributed by atoms with van der Waals surface area (Å²) in [6, 6.07) is 2.56. The molecule has 0 amide bonds. The molecule has 0 spiro atoms. The highest BCUT2D eigenvalue weighted by molar-refractivity contribution is 5.85. The van der Waals surface area contributed by atoms with Gasteiger partial charge in [0.2, 0.25) is 5.79 Å². The summed E-state index contributed by atoms with van der Waals surface area (Å²) in [6.45, 7) is 3.89. The van der Waals surface area contributed by atoms with Crippen LogP contribution in [-0.2, 0) is 10.5 Å². The molecular weight excluding hydrogens is 264 g/mol. The second-order valence-corrected chi connectivity index (χ2v) is 4.45. The van der Waals surface area contributed by atoms with Gasteiger partial charge in [0, 0.05) is 17.7 Å². The summed E-state index contributed by atoms with van der Waals surface area (Å²) in [7, 11) is 0. The normalized spacial score (nSPS) is 31.8. The zero-order valence-electron chi connectivity index (χ0n) is 10.1. The van der Waals surface area contributed by atoms with Gasteiger partial charge in [0.05, 0.1) is 12.6 Å². The average Bonchev–Trinajstić information content (AvgIpc) is 2.22. The molecule has 0 bridgehead atoms. The van der Waals surface area contributed by atoms with Gasteiger partial charge in [-0.1, -0.05) is 0 Å². The van der Waals surface area contributed by atoms with E-state index in [1.54, 1.807) is 6.92 Å². The Bertz CT molecular complexity index is 412. The first-order valence-electron chi connectivity index (χ1n) is 5.51. The van der Waals surface area contributed by atoms with Crippen molar-refractivity contribution in [2.45, 2.75) is 31.7 Å². The summed E-state index contributed by atoms with van der Waals surface area (Å²) in [4.78, 5) is 0. The highest BCUT2D eigenvalue weighted by Gasteiger charge is 2.41. The Morgan fingerprint density at radius 1 is 1.28 bits per heavy atom. The van der Waals surface area contributed by atoms with Crippen molar-refractivity contribution >= 4 is 12.4 Å². The highest BCUT2D eigenvalue weighted by atomic mass is 35.5.